The molecule has 0 spiro atoms. The van der Waals surface area contributed by atoms with Gasteiger partial charge >= 0.3 is 0 Å². The number of nitrogens with zero attached hydrogens (tertiary/aromatic N) is 1. The number of ether oxygens (including phenoxy) is 2. The van der Waals surface area contributed by atoms with Crippen LogP contribution in [-0.2, 0) is 6.42 Å². The first kappa shape index (κ1) is 16.5. The second kappa shape index (κ2) is 7.13. The molecule has 0 atom stereocenters. The van der Waals surface area contributed by atoms with Gasteiger partial charge in [-0.15, -0.1) is 0 Å². The third-order valence-corrected chi connectivity index (χ3v) is 4.14. The van der Waals surface area contributed by atoms with Gasteiger partial charge in [0.2, 0.25) is 5.76 Å². The molecule has 0 saturated carbocycles. The molecule has 1 amide bonds. The predicted molar refractivity (Wildman–Crippen MR) is 92.7 cm³/mol. The van der Waals surface area contributed by atoms with E-state index in [1.807, 2.05) is 12.1 Å². The summed E-state index contributed by atoms with van der Waals surface area (Å²) >= 11 is 6.21. The highest BCUT2D eigenvalue weighted by atomic mass is 35.5. The van der Waals surface area contributed by atoms with Crippen LogP contribution in [-0.4, -0.2) is 30.8 Å². The Labute approximate surface area is 153 Å². The van der Waals surface area contributed by atoms with Crippen molar-refractivity contribution in [3.05, 3.63) is 52.9 Å². The molecule has 26 heavy (non-hydrogen) atoms. The number of hydrogen-bond donors (Lipinski definition) is 1. The minimum absolute atomic E-state index is 0.191. The van der Waals surface area contributed by atoms with Gasteiger partial charge in [-0.25, -0.2) is 0 Å². The van der Waals surface area contributed by atoms with E-state index in [0.717, 1.165) is 5.56 Å². The first-order chi connectivity index (χ1) is 12.7. The van der Waals surface area contributed by atoms with Crippen LogP contribution in [0.3, 0.4) is 0 Å². The molecule has 1 aliphatic heterocycles. The van der Waals surface area contributed by atoms with Crippen molar-refractivity contribution in [1.29, 1.82) is 0 Å². The Bertz CT molecular complexity index is 920. The third kappa shape index (κ3) is 3.39. The number of fused-ring (bicyclic) bond motifs is 1. The molecule has 2 aromatic heterocycles. The first-order valence-corrected chi connectivity index (χ1v) is 8.45. The molecule has 1 N–H and O–H groups in total. The number of hydrogen-bond acceptors (Lipinski definition) is 6. The number of aromatic nitrogens is 1. The molecule has 0 fully saturated rings. The number of amides is 1. The fraction of sp³-hybridized carbons (Fsp3) is 0.222. The maximum Gasteiger partial charge on any atom is 0.273 e. The molecule has 0 radical (unpaired) electrons. The van der Waals surface area contributed by atoms with Gasteiger partial charge in [0.1, 0.15) is 13.2 Å². The second-order valence-electron chi connectivity index (χ2n) is 5.66. The van der Waals surface area contributed by atoms with Gasteiger partial charge in [-0.3, -0.25) is 4.79 Å². The van der Waals surface area contributed by atoms with Gasteiger partial charge < -0.3 is 23.7 Å². The minimum atomic E-state index is -0.324. The highest BCUT2D eigenvalue weighted by Crippen LogP contribution is 2.38. The van der Waals surface area contributed by atoms with E-state index in [1.54, 1.807) is 12.1 Å². The van der Waals surface area contributed by atoms with Crippen LogP contribution in [0.15, 0.2) is 45.5 Å². The molecular formula is C18H15ClN2O5. The van der Waals surface area contributed by atoms with Gasteiger partial charge in [0.25, 0.3) is 5.91 Å². The standard InChI is InChI=1S/C18H15ClN2O5/c19-12-8-11(9-16-17(12)25-7-6-24-16)3-4-20-18(22)13-10-15(26-21-13)14-2-1-5-23-14/h1-2,5,8-10H,3-4,6-7H2,(H,20,22). The SMILES string of the molecule is O=C(NCCc1cc(Cl)c2c(c1)OCCO2)c1cc(-c2ccco2)on1. The van der Waals surface area contributed by atoms with Crippen molar-refractivity contribution >= 4 is 17.5 Å². The zero-order chi connectivity index (χ0) is 17.9. The van der Waals surface area contributed by atoms with Crippen LogP contribution < -0.4 is 14.8 Å². The highest BCUT2D eigenvalue weighted by molar-refractivity contribution is 6.32. The molecular weight excluding hydrogens is 360 g/mol. The number of carbonyl (C=O) groups is 1. The van der Waals surface area contributed by atoms with Crippen molar-refractivity contribution < 1.29 is 23.2 Å². The summed E-state index contributed by atoms with van der Waals surface area (Å²) in [5.41, 5.74) is 1.13. The number of benzene rings is 1. The number of rotatable bonds is 5. The van der Waals surface area contributed by atoms with Crippen molar-refractivity contribution in [1.82, 2.24) is 10.5 Å². The van der Waals surface area contributed by atoms with Crippen molar-refractivity contribution in [2.24, 2.45) is 0 Å². The molecule has 0 aliphatic carbocycles. The van der Waals surface area contributed by atoms with Crippen LogP contribution >= 0.6 is 11.6 Å². The molecule has 1 aliphatic rings. The molecule has 3 heterocycles. The summed E-state index contributed by atoms with van der Waals surface area (Å²) in [5.74, 6) is 1.79. The van der Waals surface area contributed by atoms with Crippen molar-refractivity contribution in [3.63, 3.8) is 0 Å². The van der Waals surface area contributed by atoms with Gasteiger partial charge in [-0.2, -0.15) is 0 Å². The minimum Gasteiger partial charge on any atom is -0.486 e. The number of furan rings is 1. The fourth-order valence-corrected chi connectivity index (χ4v) is 2.92. The monoisotopic (exact) mass is 374 g/mol. The number of nitrogens with one attached hydrogen (secondary N) is 1. The lowest BCUT2D eigenvalue weighted by molar-refractivity contribution is 0.0945. The molecule has 0 saturated heterocycles. The molecule has 1 aromatic carbocycles. The lowest BCUT2D eigenvalue weighted by Crippen LogP contribution is -2.26. The van der Waals surface area contributed by atoms with Crippen LogP contribution in [0, 0.1) is 0 Å². The highest BCUT2D eigenvalue weighted by Gasteiger charge is 2.17. The summed E-state index contributed by atoms with van der Waals surface area (Å²) in [6, 6.07) is 8.68. The van der Waals surface area contributed by atoms with Crippen molar-refractivity contribution in [2.45, 2.75) is 6.42 Å². The molecule has 134 valence electrons. The summed E-state index contributed by atoms with van der Waals surface area (Å²) in [4.78, 5) is 12.2. The van der Waals surface area contributed by atoms with E-state index in [2.05, 4.69) is 10.5 Å². The molecule has 4 rings (SSSR count). The lowest BCUT2D eigenvalue weighted by atomic mass is 10.1. The zero-order valence-corrected chi connectivity index (χ0v) is 14.4. The maximum absolute atomic E-state index is 12.2. The quantitative estimate of drug-likeness (QED) is 0.737. The van der Waals surface area contributed by atoms with Crippen LogP contribution in [0.1, 0.15) is 16.1 Å². The van der Waals surface area contributed by atoms with Crippen LogP contribution in [0.4, 0.5) is 0 Å². The fourth-order valence-electron chi connectivity index (χ4n) is 2.64. The van der Waals surface area contributed by atoms with E-state index in [-0.39, 0.29) is 11.6 Å². The van der Waals surface area contributed by atoms with Gasteiger partial charge in [0.15, 0.2) is 23.0 Å². The van der Waals surface area contributed by atoms with Crippen LogP contribution in [0.25, 0.3) is 11.5 Å². The van der Waals surface area contributed by atoms with Crippen molar-refractivity contribution in [2.75, 3.05) is 19.8 Å². The van der Waals surface area contributed by atoms with Gasteiger partial charge in [-0.1, -0.05) is 16.8 Å². The van der Waals surface area contributed by atoms with Gasteiger partial charge in [0.05, 0.1) is 11.3 Å². The Balaban J connectivity index is 1.36. The van der Waals surface area contributed by atoms with Crippen LogP contribution in [0.2, 0.25) is 5.02 Å². The van der Waals surface area contributed by atoms with E-state index in [1.165, 1.54) is 12.3 Å². The number of carbonyl (C=O) groups excluding carboxylic acids is 1. The molecule has 0 unspecified atom stereocenters. The van der Waals surface area contributed by atoms with E-state index in [0.29, 0.717) is 54.2 Å². The van der Waals surface area contributed by atoms with Crippen LogP contribution in [0.5, 0.6) is 11.5 Å². The molecule has 7 nitrogen and oxygen atoms in total. The Morgan fingerprint density at radius 3 is 2.92 bits per heavy atom. The zero-order valence-electron chi connectivity index (χ0n) is 13.7. The Hall–Kier alpha value is -2.93. The normalized spacial score (nSPS) is 12.8. The lowest BCUT2D eigenvalue weighted by Gasteiger charge is -2.20. The van der Waals surface area contributed by atoms with Crippen molar-refractivity contribution in [3.8, 4) is 23.0 Å². The van der Waals surface area contributed by atoms with E-state index in [4.69, 9.17) is 30.0 Å². The average molecular weight is 375 g/mol. The average Bonchev–Trinajstić information content (AvgIpc) is 3.33. The first-order valence-electron chi connectivity index (χ1n) is 8.07. The topological polar surface area (TPSA) is 86.7 Å². The number of halogens is 1. The van der Waals surface area contributed by atoms with Gasteiger partial charge in [-0.05, 0) is 36.2 Å². The van der Waals surface area contributed by atoms with E-state index < -0.39 is 0 Å². The summed E-state index contributed by atoms with van der Waals surface area (Å²) in [6.07, 6.45) is 2.11. The molecule has 3 aromatic rings. The Kier molecular flexibility index (Phi) is 4.53. The maximum atomic E-state index is 12.2. The second-order valence-corrected chi connectivity index (χ2v) is 6.07. The smallest absolute Gasteiger partial charge is 0.273 e. The third-order valence-electron chi connectivity index (χ3n) is 3.86. The van der Waals surface area contributed by atoms with E-state index in [9.17, 15) is 4.79 Å². The summed E-state index contributed by atoms with van der Waals surface area (Å²) in [7, 11) is 0. The predicted octanol–water partition coefficient (Wildman–Crippen LogP) is 3.33. The van der Waals surface area contributed by atoms with E-state index >= 15 is 0 Å². The molecule has 0 bridgehead atoms. The molecule has 8 heteroatoms. The Morgan fingerprint density at radius 2 is 2.08 bits per heavy atom. The largest absolute Gasteiger partial charge is 0.486 e. The summed E-state index contributed by atoms with van der Waals surface area (Å²) in [6.45, 7) is 1.39. The Morgan fingerprint density at radius 1 is 1.19 bits per heavy atom. The summed E-state index contributed by atoms with van der Waals surface area (Å²) in [5, 5.41) is 7.07. The van der Waals surface area contributed by atoms with Gasteiger partial charge in [0, 0.05) is 12.6 Å². The summed E-state index contributed by atoms with van der Waals surface area (Å²) < 4.78 is 21.4.